The molecule has 1 aromatic carbocycles. The lowest BCUT2D eigenvalue weighted by Gasteiger charge is -2.23. The molecule has 0 aliphatic rings. The van der Waals surface area contributed by atoms with E-state index in [-0.39, 0.29) is 5.91 Å². The second-order valence-corrected chi connectivity index (χ2v) is 7.28. The van der Waals surface area contributed by atoms with Gasteiger partial charge in [-0.2, -0.15) is 0 Å². The molecular formula is C20H25NO4S. The third-order valence-corrected chi connectivity index (χ3v) is 4.97. The van der Waals surface area contributed by atoms with E-state index >= 15 is 0 Å². The Labute approximate surface area is 158 Å². The van der Waals surface area contributed by atoms with Gasteiger partial charge in [0.05, 0.1) is 0 Å². The number of aryl methyl sites for hydroxylation is 2. The molecule has 0 unspecified atom stereocenters. The molecule has 0 spiro atoms. The Morgan fingerprint density at radius 2 is 1.88 bits per heavy atom. The molecule has 140 valence electrons. The van der Waals surface area contributed by atoms with Crippen LogP contribution in [0.4, 0.5) is 0 Å². The van der Waals surface area contributed by atoms with Crippen molar-refractivity contribution >= 4 is 23.2 Å². The first-order valence-electron chi connectivity index (χ1n) is 8.69. The summed E-state index contributed by atoms with van der Waals surface area (Å²) >= 11 is 1.70. The van der Waals surface area contributed by atoms with Crippen LogP contribution in [0.3, 0.4) is 0 Å². The second-order valence-electron chi connectivity index (χ2n) is 6.24. The van der Waals surface area contributed by atoms with Crippen molar-refractivity contribution in [2.75, 3.05) is 19.7 Å². The molecule has 2 rings (SSSR count). The minimum absolute atomic E-state index is 0.000564. The van der Waals surface area contributed by atoms with Gasteiger partial charge in [-0.3, -0.25) is 4.79 Å². The summed E-state index contributed by atoms with van der Waals surface area (Å²) in [6, 6.07) is 7.66. The maximum absolute atomic E-state index is 13.0. The normalized spacial score (nSPS) is 10.6. The highest BCUT2D eigenvalue weighted by molar-refractivity contribution is 7.09. The van der Waals surface area contributed by atoms with Gasteiger partial charge in [0.1, 0.15) is 5.75 Å². The zero-order chi connectivity index (χ0) is 19.1. The monoisotopic (exact) mass is 375 g/mol. The van der Waals surface area contributed by atoms with E-state index in [1.165, 1.54) is 4.88 Å². The molecule has 1 aromatic heterocycles. The molecule has 2 aromatic rings. The fourth-order valence-electron chi connectivity index (χ4n) is 2.90. The lowest BCUT2D eigenvalue weighted by atomic mass is 10.0. The van der Waals surface area contributed by atoms with E-state index in [9.17, 15) is 9.59 Å². The number of carboxylic acid groups (broad SMARTS) is 1. The number of aliphatic carboxylic acids is 1. The molecule has 0 saturated carbocycles. The highest BCUT2D eigenvalue weighted by atomic mass is 32.1. The minimum Gasteiger partial charge on any atom is -0.481 e. The van der Waals surface area contributed by atoms with E-state index in [0.29, 0.717) is 24.4 Å². The van der Waals surface area contributed by atoms with Crippen molar-refractivity contribution in [3.63, 3.8) is 0 Å². The van der Waals surface area contributed by atoms with Gasteiger partial charge >= 0.3 is 5.97 Å². The van der Waals surface area contributed by atoms with Crippen LogP contribution < -0.4 is 4.74 Å². The van der Waals surface area contributed by atoms with E-state index in [1.807, 2.05) is 30.2 Å². The molecule has 0 atom stereocenters. The Kier molecular flexibility index (Phi) is 7.21. The van der Waals surface area contributed by atoms with Crippen LogP contribution in [0.15, 0.2) is 29.6 Å². The molecule has 0 aliphatic heterocycles. The summed E-state index contributed by atoms with van der Waals surface area (Å²) in [5, 5.41) is 10.8. The SMILES string of the molecule is CCCN(CCc1cccs1)C(=O)c1cc(C)c(OCC(=O)O)c(C)c1. The molecule has 5 nitrogen and oxygen atoms in total. The van der Waals surface area contributed by atoms with Crippen LogP contribution in [0.2, 0.25) is 0 Å². The average molecular weight is 375 g/mol. The Morgan fingerprint density at radius 3 is 2.42 bits per heavy atom. The van der Waals surface area contributed by atoms with Gasteiger partial charge in [0.25, 0.3) is 5.91 Å². The fraction of sp³-hybridized carbons (Fsp3) is 0.400. The largest absolute Gasteiger partial charge is 0.481 e. The fourth-order valence-corrected chi connectivity index (χ4v) is 3.60. The van der Waals surface area contributed by atoms with E-state index < -0.39 is 12.6 Å². The summed E-state index contributed by atoms with van der Waals surface area (Å²) in [7, 11) is 0. The van der Waals surface area contributed by atoms with Gasteiger partial charge in [0.2, 0.25) is 0 Å². The zero-order valence-electron chi connectivity index (χ0n) is 15.4. The van der Waals surface area contributed by atoms with Gasteiger partial charge < -0.3 is 14.7 Å². The predicted molar refractivity (Wildman–Crippen MR) is 103 cm³/mol. The van der Waals surface area contributed by atoms with Crippen molar-refractivity contribution in [1.29, 1.82) is 0 Å². The Bertz CT molecular complexity index is 732. The van der Waals surface area contributed by atoms with Crippen molar-refractivity contribution in [3.05, 3.63) is 51.2 Å². The van der Waals surface area contributed by atoms with Crippen LogP contribution in [0.1, 0.15) is 39.7 Å². The van der Waals surface area contributed by atoms with Gasteiger partial charge in [0.15, 0.2) is 6.61 Å². The number of amides is 1. The summed E-state index contributed by atoms with van der Waals surface area (Å²) in [5.74, 6) is -0.490. The third kappa shape index (κ3) is 5.33. The number of ether oxygens (including phenoxy) is 1. The molecule has 0 bridgehead atoms. The highest BCUT2D eigenvalue weighted by Gasteiger charge is 2.18. The molecule has 1 heterocycles. The van der Waals surface area contributed by atoms with Gasteiger partial charge in [-0.05, 0) is 61.4 Å². The van der Waals surface area contributed by atoms with E-state index in [4.69, 9.17) is 9.84 Å². The van der Waals surface area contributed by atoms with Crippen molar-refractivity contribution in [2.45, 2.75) is 33.6 Å². The molecule has 0 fully saturated rings. The summed E-state index contributed by atoms with van der Waals surface area (Å²) in [4.78, 5) is 26.8. The molecule has 0 saturated heterocycles. The smallest absolute Gasteiger partial charge is 0.341 e. The van der Waals surface area contributed by atoms with Crippen molar-refractivity contribution in [1.82, 2.24) is 4.90 Å². The van der Waals surface area contributed by atoms with Crippen molar-refractivity contribution < 1.29 is 19.4 Å². The van der Waals surface area contributed by atoms with E-state index in [1.54, 1.807) is 23.5 Å². The summed E-state index contributed by atoms with van der Waals surface area (Å²) in [5.41, 5.74) is 2.15. The van der Waals surface area contributed by atoms with Crippen LogP contribution in [0, 0.1) is 13.8 Å². The van der Waals surface area contributed by atoms with E-state index in [2.05, 4.69) is 13.0 Å². The molecule has 0 radical (unpaired) electrons. The maximum atomic E-state index is 13.0. The van der Waals surface area contributed by atoms with Gasteiger partial charge in [-0.1, -0.05) is 13.0 Å². The molecule has 1 amide bonds. The first kappa shape index (κ1) is 20.0. The highest BCUT2D eigenvalue weighted by Crippen LogP contribution is 2.25. The molecular weight excluding hydrogens is 350 g/mol. The number of hydrogen-bond acceptors (Lipinski definition) is 4. The van der Waals surface area contributed by atoms with Crippen LogP contribution in [0.25, 0.3) is 0 Å². The maximum Gasteiger partial charge on any atom is 0.341 e. The number of hydrogen-bond donors (Lipinski definition) is 1. The summed E-state index contributed by atoms with van der Waals surface area (Å²) in [6.07, 6.45) is 1.75. The van der Waals surface area contributed by atoms with Crippen LogP contribution in [-0.2, 0) is 11.2 Å². The Morgan fingerprint density at radius 1 is 1.19 bits per heavy atom. The topological polar surface area (TPSA) is 66.8 Å². The van der Waals surface area contributed by atoms with Crippen LogP contribution >= 0.6 is 11.3 Å². The van der Waals surface area contributed by atoms with Crippen LogP contribution in [-0.4, -0.2) is 41.6 Å². The lowest BCUT2D eigenvalue weighted by molar-refractivity contribution is -0.139. The zero-order valence-corrected chi connectivity index (χ0v) is 16.3. The number of benzene rings is 1. The first-order chi connectivity index (χ1) is 12.4. The number of carbonyl (C=O) groups excluding carboxylic acids is 1. The van der Waals surface area contributed by atoms with Crippen molar-refractivity contribution in [2.24, 2.45) is 0 Å². The lowest BCUT2D eigenvalue weighted by Crippen LogP contribution is -2.33. The molecule has 0 aliphatic carbocycles. The Hall–Kier alpha value is -2.34. The predicted octanol–water partition coefficient (Wildman–Crippen LogP) is 3.92. The average Bonchev–Trinajstić information content (AvgIpc) is 3.10. The van der Waals surface area contributed by atoms with Crippen molar-refractivity contribution in [3.8, 4) is 5.75 Å². The molecule has 26 heavy (non-hydrogen) atoms. The second kappa shape index (κ2) is 9.38. The molecule has 6 heteroatoms. The number of carbonyl (C=O) groups is 2. The van der Waals surface area contributed by atoms with Gasteiger partial charge in [-0.25, -0.2) is 4.79 Å². The number of carboxylic acids is 1. The van der Waals surface area contributed by atoms with E-state index in [0.717, 1.165) is 24.0 Å². The van der Waals surface area contributed by atoms with Gasteiger partial charge in [0, 0.05) is 23.5 Å². The summed E-state index contributed by atoms with van der Waals surface area (Å²) < 4.78 is 5.35. The number of rotatable bonds is 9. The first-order valence-corrected chi connectivity index (χ1v) is 9.57. The number of nitrogens with zero attached hydrogens (tertiary/aromatic N) is 1. The quantitative estimate of drug-likeness (QED) is 0.721. The van der Waals surface area contributed by atoms with Crippen LogP contribution in [0.5, 0.6) is 5.75 Å². The minimum atomic E-state index is -1.02. The molecule has 1 N–H and O–H groups in total. The standard InChI is InChI=1S/C20H25NO4S/c1-4-8-21(9-7-17-6-5-10-26-17)20(24)16-11-14(2)19(15(3)12-16)25-13-18(22)23/h5-6,10-12H,4,7-9,13H2,1-3H3,(H,22,23). The summed E-state index contributed by atoms with van der Waals surface area (Å²) in [6.45, 7) is 6.72. The third-order valence-electron chi connectivity index (χ3n) is 4.04. The van der Waals surface area contributed by atoms with Gasteiger partial charge in [-0.15, -0.1) is 11.3 Å². The number of thiophene rings is 1. The Balaban J connectivity index is 2.15.